The standard InChI is InChI=1S/C15H14N4O/c16-14-19-15(8-20-14)4-11-2-1-10(3-12(11)5-15)13-6-17-9-18-7-13/h1-3,6-7,9H,4-5,8H2,(H2,16,19). The third-order valence-electron chi connectivity index (χ3n) is 3.98. The quantitative estimate of drug-likeness (QED) is 0.845. The number of benzene rings is 1. The zero-order chi connectivity index (χ0) is 13.6. The molecule has 1 aliphatic heterocycles. The van der Waals surface area contributed by atoms with Gasteiger partial charge in [-0.25, -0.2) is 15.0 Å². The summed E-state index contributed by atoms with van der Waals surface area (Å²) in [5.74, 6) is 0. The minimum absolute atomic E-state index is 0.182. The Morgan fingerprint density at radius 1 is 1.05 bits per heavy atom. The average molecular weight is 266 g/mol. The Hall–Kier alpha value is -2.43. The molecule has 5 heteroatoms. The lowest BCUT2D eigenvalue weighted by molar-refractivity contribution is 0.258. The average Bonchev–Trinajstić information content (AvgIpc) is 3.01. The molecule has 1 atom stereocenters. The third kappa shape index (κ3) is 1.74. The van der Waals surface area contributed by atoms with E-state index in [2.05, 4.69) is 33.2 Å². The maximum Gasteiger partial charge on any atom is 0.282 e. The first-order chi connectivity index (χ1) is 9.74. The molecule has 2 N–H and O–H groups in total. The summed E-state index contributed by atoms with van der Waals surface area (Å²) < 4.78 is 5.34. The summed E-state index contributed by atoms with van der Waals surface area (Å²) in [4.78, 5) is 12.6. The van der Waals surface area contributed by atoms with Crippen LogP contribution in [0.25, 0.3) is 11.1 Å². The van der Waals surface area contributed by atoms with E-state index >= 15 is 0 Å². The number of rotatable bonds is 1. The van der Waals surface area contributed by atoms with Gasteiger partial charge in [0.15, 0.2) is 0 Å². The fourth-order valence-electron chi connectivity index (χ4n) is 3.05. The van der Waals surface area contributed by atoms with Gasteiger partial charge in [-0.2, -0.15) is 0 Å². The first kappa shape index (κ1) is 11.4. The first-order valence-corrected chi connectivity index (χ1v) is 6.59. The first-order valence-electron chi connectivity index (χ1n) is 6.59. The van der Waals surface area contributed by atoms with Crippen molar-refractivity contribution < 1.29 is 4.74 Å². The van der Waals surface area contributed by atoms with Gasteiger partial charge in [0, 0.05) is 30.8 Å². The van der Waals surface area contributed by atoms with E-state index in [1.165, 1.54) is 11.1 Å². The van der Waals surface area contributed by atoms with Gasteiger partial charge in [0.2, 0.25) is 0 Å². The zero-order valence-corrected chi connectivity index (χ0v) is 10.9. The van der Waals surface area contributed by atoms with E-state index in [9.17, 15) is 0 Å². The number of hydrogen-bond acceptors (Lipinski definition) is 5. The van der Waals surface area contributed by atoms with E-state index in [1.54, 1.807) is 6.33 Å². The molecule has 1 aromatic heterocycles. The van der Waals surface area contributed by atoms with Crippen LogP contribution in [-0.2, 0) is 17.6 Å². The number of fused-ring (bicyclic) bond motifs is 1. The Morgan fingerprint density at radius 3 is 2.60 bits per heavy atom. The van der Waals surface area contributed by atoms with Crippen molar-refractivity contribution in [3.8, 4) is 11.1 Å². The van der Waals surface area contributed by atoms with Gasteiger partial charge in [-0.15, -0.1) is 0 Å². The lowest BCUT2D eigenvalue weighted by atomic mass is 9.98. The van der Waals surface area contributed by atoms with Crippen molar-refractivity contribution in [1.29, 1.82) is 0 Å². The molecule has 1 aromatic carbocycles. The third-order valence-corrected chi connectivity index (χ3v) is 3.98. The number of nitrogens with zero attached hydrogens (tertiary/aromatic N) is 3. The van der Waals surface area contributed by atoms with Crippen LogP contribution < -0.4 is 5.73 Å². The molecular weight excluding hydrogens is 252 g/mol. The predicted molar refractivity (Wildman–Crippen MR) is 75.2 cm³/mol. The van der Waals surface area contributed by atoms with Crippen molar-refractivity contribution in [3.05, 3.63) is 48.0 Å². The minimum atomic E-state index is -0.182. The molecule has 0 fully saturated rings. The van der Waals surface area contributed by atoms with Crippen LogP contribution >= 0.6 is 0 Å². The molecular formula is C15H14N4O. The van der Waals surface area contributed by atoms with Gasteiger partial charge >= 0.3 is 0 Å². The fourth-order valence-corrected chi connectivity index (χ4v) is 3.05. The lowest BCUT2D eigenvalue weighted by Crippen LogP contribution is -2.28. The summed E-state index contributed by atoms with van der Waals surface area (Å²) >= 11 is 0. The van der Waals surface area contributed by atoms with Gasteiger partial charge in [-0.05, 0) is 16.7 Å². The van der Waals surface area contributed by atoms with Crippen LogP contribution in [-0.4, -0.2) is 28.1 Å². The summed E-state index contributed by atoms with van der Waals surface area (Å²) in [6.45, 7) is 0.581. The molecule has 2 aromatic rings. The number of amidine groups is 1. The highest BCUT2D eigenvalue weighted by molar-refractivity contribution is 5.74. The molecule has 0 bridgehead atoms. The SMILES string of the molecule is NC1=NC2(CO1)Cc1ccc(-c3cncnc3)cc1C2. The Morgan fingerprint density at radius 2 is 1.85 bits per heavy atom. The summed E-state index contributed by atoms with van der Waals surface area (Å²) in [6, 6.07) is 6.79. The molecule has 0 saturated carbocycles. The van der Waals surface area contributed by atoms with E-state index < -0.39 is 0 Å². The van der Waals surface area contributed by atoms with E-state index in [-0.39, 0.29) is 5.54 Å². The van der Waals surface area contributed by atoms with Crippen LogP contribution in [0.2, 0.25) is 0 Å². The second kappa shape index (κ2) is 4.03. The molecule has 4 rings (SSSR count). The highest BCUT2D eigenvalue weighted by Crippen LogP contribution is 2.37. The van der Waals surface area contributed by atoms with Crippen LogP contribution in [0.5, 0.6) is 0 Å². The molecule has 1 aliphatic carbocycles. The van der Waals surface area contributed by atoms with Gasteiger partial charge in [0.25, 0.3) is 6.02 Å². The van der Waals surface area contributed by atoms with E-state index in [0.29, 0.717) is 12.6 Å². The van der Waals surface area contributed by atoms with Crippen molar-refractivity contribution in [1.82, 2.24) is 9.97 Å². The second-order valence-electron chi connectivity index (χ2n) is 5.43. The van der Waals surface area contributed by atoms with Gasteiger partial charge in [0.1, 0.15) is 18.5 Å². The molecule has 5 nitrogen and oxygen atoms in total. The normalized spacial score (nSPS) is 23.5. The number of aliphatic imine (C=N–C) groups is 1. The van der Waals surface area contributed by atoms with Crippen molar-refractivity contribution in [3.63, 3.8) is 0 Å². The van der Waals surface area contributed by atoms with Gasteiger partial charge in [-0.3, -0.25) is 0 Å². The number of nitrogens with two attached hydrogens (primary N) is 1. The Labute approximate surface area is 116 Å². The van der Waals surface area contributed by atoms with Crippen LogP contribution in [0, 0.1) is 0 Å². The molecule has 100 valence electrons. The van der Waals surface area contributed by atoms with Crippen molar-refractivity contribution >= 4 is 6.02 Å². The molecule has 0 amide bonds. The van der Waals surface area contributed by atoms with Gasteiger partial charge in [-0.1, -0.05) is 18.2 Å². The van der Waals surface area contributed by atoms with E-state index in [1.807, 2.05) is 12.4 Å². The number of aromatic nitrogens is 2. The summed E-state index contributed by atoms with van der Waals surface area (Å²) in [7, 11) is 0. The lowest BCUT2D eigenvalue weighted by Gasteiger charge is -2.15. The van der Waals surface area contributed by atoms with E-state index in [4.69, 9.17) is 10.5 Å². The molecule has 2 heterocycles. The highest BCUT2D eigenvalue weighted by atomic mass is 16.5. The smallest absolute Gasteiger partial charge is 0.282 e. The topological polar surface area (TPSA) is 73.4 Å². The zero-order valence-electron chi connectivity index (χ0n) is 10.9. The molecule has 0 radical (unpaired) electrons. The predicted octanol–water partition coefficient (Wildman–Crippen LogP) is 1.33. The maximum absolute atomic E-state index is 5.66. The molecule has 1 spiro atoms. The Kier molecular flexibility index (Phi) is 2.30. The number of hydrogen-bond donors (Lipinski definition) is 1. The van der Waals surface area contributed by atoms with Crippen LogP contribution in [0.1, 0.15) is 11.1 Å². The highest BCUT2D eigenvalue weighted by Gasteiger charge is 2.41. The Balaban J connectivity index is 1.70. The fraction of sp³-hybridized carbons (Fsp3) is 0.267. The number of ether oxygens (including phenoxy) is 1. The Bertz CT molecular complexity index is 698. The largest absolute Gasteiger partial charge is 0.463 e. The molecule has 2 aliphatic rings. The van der Waals surface area contributed by atoms with Crippen LogP contribution in [0.3, 0.4) is 0 Å². The van der Waals surface area contributed by atoms with Crippen molar-refractivity contribution in [2.45, 2.75) is 18.4 Å². The molecule has 0 saturated heterocycles. The van der Waals surface area contributed by atoms with Crippen molar-refractivity contribution in [2.24, 2.45) is 10.7 Å². The van der Waals surface area contributed by atoms with Gasteiger partial charge < -0.3 is 10.5 Å². The summed E-state index contributed by atoms with van der Waals surface area (Å²) in [5, 5.41) is 0. The molecule has 1 unspecified atom stereocenters. The second-order valence-corrected chi connectivity index (χ2v) is 5.43. The van der Waals surface area contributed by atoms with Crippen LogP contribution in [0.15, 0.2) is 41.9 Å². The molecule has 20 heavy (non-hydrogen) atoms. The summed E-state index contributed by atoms with van der Waals surface area (Å²) in [5.41, 5.74) is 10.3. The van der Waals surface area contributed by atoms with Gasteiger partial charge in [0.05, 0.1) is 0 Å². The monoisotopic (exact) mass is 266 g/mol. The minimum Gasteiger partial charge on any atom is -0.463 e. The maximum atomic E-state index is 5.66. The van der Waals surface area contributed by atoms with Crippen molar-refractivity contribution in [2.75, 3.05) is 6.61 Å². The van der Waals surface area contributed by atoms with E-state index in [0.717, 1.165) is 24.0 Å². The van der Waals surface area contributed by atoms with Crippen LogP contribution in [0.4, 0.5) is 0 Å². The summed E-state index contributed by atoms with van der Waals surface area (Å²) in [6.07, 6.45) is 6.97.